The zero-order valence-corrected chi connectivity index (χ0v) is 6.78. The molecular formula is C7H12F3NO. The molecule has 0 spiro atoms. The predicted molar refractivity (Wildman–Crippen MR) is 37.6 cm³/mol. The highest BCUT2D eigenvalue weighted by atomic mass is 19.4. The van der Waals surface area contributed by atoms with Gasteiger partial charge in [0.25, 0.3) is 0 Å². The van der Waals surface area contributed by atoms with E-state index in [9.17, 15) is 13.2 Å². The van der Waals surface area contributed by atoms with E-state index in [1.807, 2.05) is 0 Å². The second-order valence-electron chi connectivity index (χ2n) is 3.34. The van der Waals surface area contributed by atoms with Crippen LogP contribution in [0.25, 0.3) is 0 Å². The molecule has 1 fully saturated rings. The lowest BCUT2D eigenvalue weighted by atomic mass is 9.79. The molecule has 1 saturated heterocycles. The zero-order valence-electron chi connectivity index (χ0n) is 6.78. The molecular weight excluding hydrogens is 171 g/mol. The second kappa shape index (κ2) is 2.88. The van der Waals surface area contributed by atoms with Crippen LogP contribution < -0.4 is 5.32 Å². The van der Waals surface area contributed by atoms with E-state index in [1.165, 1.54) is 6.92 Å². The van der Waals surface area contributed by atoms with Crippen molar-refractivity contribution < 1.29 is 18.3 Å². The Bertz CT molecular complexity index is 171. The lowest BCUT2D eigenvalue weighted by Gasteiger charge is -2.32. The number of halogens is 3. The van der Waals surface area contributed by atoms with Gasteiger partial charge in [-0.25, -0.2) is 0 Å². The van der Waals surface area contributed by atoms with Gasteiger partial charge in [-0.2, -0.15) is 13.2 Å². The first-order valence-corrected chi connectivity index (χ1v) is 3.82. The van der Waals surface area contributed by atoms with Gasteiger partial charge in [-0.3, -0.25) is 0 Å². The van der Waals surface area contributed by atoms with Gasteiger partial charge in [-0.05, 0) is 12.5 Å². The first-order chi connectivity index (χ1) is 5.44. The van der Waals surface area contributed by atoms with Crippen molar-refractivity contribution in [3.05, 3.63) is 0 Å². The summed E-state index contributed by atoms with van der Waals surface area (Å²) in [6.45, 7) is 0.822. The Morgan fingerprint density at radius 1 is 1.58 bits per heavy atom. The number of rotatable bonds is 1. The van der Waals surface area contributed by atoms with Crippen LogP contribution in [-0.4, -0.2) is 31.0 Å². The maximum Gasteiger partial charge on any atom is 0.398 e. The van der Waals surface area contributed by atoms with Crippen LogP contribution in [-0.2, 0) is 0 Å². The quantitative estimate of drug-likeness (QED) is 0.629. The van der Waals surface area contributed by atoms with E-state index in [2.05, 4.69) is 5.32 Å². The van der Waals surface area contributed by atoms with Crippen LogP contribution in [0.15, 0.2) is 0 Å². The molecule has 72 valence electrons. The SMILES string of the molecule is C[C@@H]1CNC[C@]1(CO)C(F)(F)F. The molecule has 5 heteroatoms. The molecule has 0 bridgehead atoms. The molecule has 0 radical (unpaired) electrons. The van der Waals surface area contributed by atoms with Crippen LogP contribution in [0.4, 0.5) is 13.2 Å². The van der Waals surface area contributed by atoms with Crippen molar-refractivity contribution in [3.63, 3.8) is 0 Å². The van der Waals surface area contributed by atoms with Crippen molar-refractivity contribution in [2.24, 2.45) is 11.3 Å². The molecule has 1 aliphatic rings. The third kappa shape index (κ3) is 1.21. The monoisotopic (exact) mass is 183 g/mol. The summed E-state index contributed by atoms with van der Waals surface area (Å²) in [7, 11) is 0. The Kier molecular flexibility index (Phi) is 2.35. The summed E-state index contributed by atoms with van der Waals surface area (Å²) in [4.78, 5) is 0. The van der Waals surface area contributed by atoms with Crippen molar-refractivity contribution in [1.82, 2.24) is 5.32 Å². The molecule has 1 aliphatic heterocycles. The Morgan fingerprint density at radius 2 is 2.17 bits per heavy atom. The molecule has 0 aromatic carbocycles. The van der Waals surface area contributed by atoms with Crippen LogP contribution in [0.2, 0.25) is 0 Å². The molecule has 0 unspecified atom stereocenters. The summed E-state index contributed by atoms with van der Waals surface area (Å²) in [5, 5.41) is 11.4. The van der Waals surface area contributed by atoms with Gasteiger partial charge in [0, 0.05) is 6.54 Å². The Morgan fingerprint density at radius 3 is 2.33 bits per heavy atom. The number of alkyl halides is 3. The molecule has 0 aliphatic carbocycles. The number of aliphatic hydroxyl groups excluding tert-OH is 1. The van der Waals surface area contributed by atoms with E-state index in [0.29, 0.717) is 6.54 Å². The van der Waals surface area contributed by atoms with Gasteiger partial charge >= 0.3 is 6.18 Å². The lowest BCUT2D eigenvalue weighted by molar-refractivity contribution is -0.240. The maximum absolute atomic E-state index is 12.5. The van der Waals surface area contributed by atoms with Crippen LogP contribution in [0, 0.1) is 11.3 Å². The van der Waals surface area contributed by atoms with Gasteiger partial charge in [-0.15, -0.1) is 0 Å². The molecule has 2 atom stereocenters. The van der Waals surface area contributed by atoms with Crippen LogP contribution in [0.3, 0.4) is 0 Å². The van der Waals surface area contributed by atoms with E-state index in [-0.39, 0.29) is 6.54 Å². The second-order valence-corrected chi connectivity index (χ2v) is 3.34. The largest absolute Gasteiger partial charge is 0.398 e. The first kappa shape index (κ1) is 9.80. The van der Waals surface area contributed by atoms with Crippen molar-refractivity contribution in [3.8, 4) is 0 Å². The van der Waals surface area contributed by atoms with Gasteiger partial charge in [0.1, 0.15) is 5.41 Å². The van der Waals surface area contributed by atoms with Gasteiger partial charge in [0.2, 0.25) is 0 Å². The fraction of sp³-hybridized carbons (Fsp3) is 1.00. The number of nitrogens with one attached hydrogen (secondary N) is 1. The Labute approximate surface area is 68.8 Å². The summed E-state index contributed by atoms with van der Waals surface area (Å²) >= 11 is 0. The summed E-state index contributed by atoms with van der Waals surface area (Å²) in [6.07, 6.45) is -4.31. The summed E-state index contributed by atoms with van der Waals surface area (Å²) in [6, 6.07) is 0. The molecule has 12 heavy (non-hydrogen) atoms. The third-order valence-electron chi connectivity index (χ3n) is 2.68. The van der Waals surface area contributed by atoms with E-state index < -0.39 is 24.1 Å². The van der Waals surface area contributed by atoms with E-state index in [1.54, 1.807) is 0 Å². The topological polar surface area (TPSA) is 32.3 Å². The molecule has 2 N–H and O–H groups in total. The molecule has 2 nitrogen and oxygen atoms in total. The number of aliphatic hydroxyl groups is 1. The Hall–Kier alpha value is -0.290. The highest BCUT2D eigenvalue weighted by Gasteiger charge is 2.59. The zero-order chi connectivity index (χ0) is 9.41. The summed E-state index contributed by atoms with van der Waals surface area (Å²) in [5.74, 6) is -0.553. The van der Waals surface area contributed by atoms with Gasteiger partial charge in [-0.1, -0.05) is 6.92 Å². The number of hydrogen-bond acceptors (Lipinski definition) is 2. The van der Waals surface area contributed by atoms with Crippen molar-refractivity contribution in [2.45, 2.75) is 13.1 Å². The number of hydrogen-bond donors (Lipinski definition) is 2. The molecule has 0 aromatic heterocycles. The fourth-order valence-corrected chi connectivity index (χ4v) is 1.56. The van der Waals surface area contributed by atoms with Gasteiger partial charge in [0.15, 0.2) is 0 Å². The van der Waals surface area contributed by atoms with Gasteiger partial charge < -0.3 is 10.4 Å². The average molecular weight is 183 g/mol. The minimum Gasteiger partial charge on any atom is -0.395 e. The first-order valence-electron chi connectivity index (χ1n) is 3.82. The normalized spacial score (nSPS) is 37.2. The molecule has 0 saturated carbocycles. The van der Waals surface area contributed by atoms with Crippen molar-refractivity contribution in [1.29, 1.82) is 0 Å². The lowest BCUT2D eigenvalue weighted by Crippen LogP contribution is -2.46. The average Bonchev–Trinajstić information content (AvgIpc) is 2.30. The minimum atomic E-state index is -4.31. The van der Waals surface area contributed by atoms with Crippen LogP contribution in [0.1, 0.15) is 6.92 Å². The minimum absolute atomic E-state index is 0.172. The smallest absolute Gasteiger partial charge is 0.395 e. The van der Waals surface area contributed by atoms with E-state index >= 15 is 0 Å². The van der Waals surface area contributed by atoms with E-state index in [0.717, 1.165) is 0 Å². The van der Waals surface area contributed by atoms with Crippen LogP contribution in [0.5, 0.6) is 0 Å². The molecule has 0 aromatic rings. The molecule has 1 heterocycles. The third-order valence-corrected chi connectivity index (χ3v) is 2.68. The summed E-state index contributed by atoms with van der Waals surface area (Å²) in [5.41, 5.74) is -1.92. The highest BCUT2D eigenvalue weighted by Crippen LogP contribution is 2.45. The maximum atomic E-state index is 12.5. The highest BCUT2D eigenvalue weighted by molar-refractivity contribution is 4.97. The Balaban J connectivity index is 2.89. The van der Waals surface area contributed by atoms with Gasteiger partial charge in [0.05, 0.1) is 6.61 Å². The van der Waals surface area contributed by atoms with Crippen LogP contribution >= 0.6 is 0 Å². The summed E-state index contributed by atoms with van der Waals surface area (Å²) < 4.78 is 37.4. The fourth-order valence-electron chi connectivity index (χ4n) is 1.56. The molecule has 1 rings (SSSR count). The van der Waals surface area contributed by atoms with Crippen molar-refractivity contribution >= 4 is 0 Å². The standard InChI is InChI=1S/C7H12F3NO/c1-5-2-11-3-6(5,4-12)7(8,9)10/h5,11-12H,2-4H2,1H3/t5-,6-/m1/s1. The van der Waals surface area contributed by atoms with E-state index in [4.69, 9.17) is 5.11 Å². The molecule has 0 amide bonds. The predicted octanol–water partition coefficient (Wildman–Crippen LogP) is 0.767. The van der Waals surface area contributed by atoms with Crippen molar-refractivity contribution in [2.75, 3.05) is 19.7 Å².